The number of aliphatic hydroxyl groups excluding tert-OH is 2. The minimum Gasteiger partial charge on any atom is -0.392 e. The van der Waals surface area contributed by atoms with Crippen LogP contribution in [-0.2, 0) is 13.2 Å². The van der Waals surface area contributed by atoms with Gasteiger partial charge in [-0.15, -0.1) is 0 Å². The molecule has 0 saturated carbocycles. The van der Waals surface area contributed by atoms with E-state index in [1.165, 1.54) is 11.1 Å². The molecule has 0 aliphatic rings. The largest absolute Gasteiger partial charge is 0.392 e. The molecule has 0 aliphatic carbocycles. The van der Waals surface area contributed by atoms with Gasteiger partial charge in [0.05, 0.1) is 13.2 Å². The van der Waals surface area contributed by atoms with Gasteiger partial charge >= 0.3 is 0 Å². The van der Waals surface area contributed by atoms with Gasteiger partial charge in [0, 0.05) is 34.6 Å². The van der Waals surface area contributed by atoms with Gasteiger partial charge in [-0.2, -0.15) is 0 Å². The molecule has 0 atom stereocenters. The summed E-state index contributed by atoms with van der Waals surface area (Å²) in [5, 5.41) is 18.9. The highest BCUT2D eigenvalue weighted by Crippen LogP contribution is 2.35. The Labute approximate surface area is 236 Å². The van der Waals surface area contributed by atoms with Crippen molar-refractivity contribution in [1.82, 2.24) is 0 Å². The number of nitrogens with zero attached hydrogens (tertiary/aromatic N) is 2. The molecule has 0 amide bonds. The minimum absolute atomic E-state index is 0.00978. The van der Waals surface area contributed by atoms with Crippen LogP contribution in [0.15, 0.2) is 128 Å². The maximum absolute atomic E-state index is 9.47. The van der Waals surface area contributed by atoms with Gasteiger partial charge in [-0.1, -0.05) is 71.8 Å². The van der Waals surface area contributed by atoms with Crippen molar-refractivity contribution in [3.8, 4) is 0 Å². The Balaban J connectivity index is 1.46. The number of aryl methyl sites for hydroxylation is 2. The van der Waals surface area contributed by atoms with E-state index in [9.17, 15) is 10.2 Å². The maximum atomic E-state index is 9.47. The van der Waals surface area contributed by atoms with Gasteiger partial charge in [-0.25, -0.2) is 0 Å². The van der Waals surface area contributed by atoms with Crippen molar-refractivity contribution in [1.29, 1.82) is 0 Å². The lowest BCUT2D eigenvalue weighted by Gasteiger charge is -2.26. The highest BCUT2D eigenvalue weighted by molar-refractivity contribution is 5.77. The molecule has 0 spiro atoms. The summed E-state index contributed by atoms with van der Waals surface area (Å²) in [6.07, 6.45) is 4.14. The molecular weight excluding hydrogens is 492 g/mol. The zero-order valence-electron chi connectivity index (χ0n) is 22.9. The van der Waals surface area contributed by atoms with Crippen LogP contribution >= 0.6 is 0 Å². The van der Waals surface area contributed by atoms with Crippen molar-refractivity contribution in [2.24, 2.45) is 0 Å². The lowest BCUT2D eigenvalue weighted by Crippen LogP contribution is -2.10. The predicted molar refractivity (Wildman–Crippen MR) is 167 cm³/mol. The number of rotatable bonds is 9. The van der Waals surface area contributed by atoms with Gasteiger partial charge < -0.3 is 20.0 Å². The molecular formula is C36H34N2O2. The van der Waals surface area contributed by atoms with Crippen molar-refractivity contribution < 1.29 is 10.2 Å². The Morgan fingerprint density at radius 3 is 1.20 bits per heavy atom. The highest BCUT2D eigenvalue weighted by Gasteiger charge is 2.12. The first-order chi connectivity index (χ1) is 19.5. The normalized spacial score (nSPS) is 11.1. The second-order valence-electron chi connectivity index (χ2n) is 9.93. The summed E-state index contributed by atoms with van der Waals surface area (Å²) in [6.45, 7) is 4.23. The number of hydrogen-bond donors (Lipinski definition) is 2. The van der Waals surface area contributed by atoms with Crippen LogP contribution in [0, 0.1) is 13.8 Å². The first-order valence-corrected chi connectivity index (χ1v) is 13.4. The fourth-order valence-electron chi connectivity index (χ4n) is 4.58. The fourth-order valence-corrected chi connectivity index (χ4v) is 4.58. The van der Waals surface area contributed by atoms with E-state index in [0.29, 0.717) is 0 Å². The molecule has 0 aliphatic heterocycles. The summed E-state index contributed by atoms with van der Waals surface area (Å²) in [5.74, 6) is 0. The molecule has 0 aromatic heterocycles. The van der Waals surface area contributed by atoms with Crippen molar-refractivity contribution in [2.45, 2.75) is 27.1 Å². The van der Waals surface area contributed by atoms with Gasteiger partial charge in [0.1, 0.15) is 0 Å². The van der Waals surface area contributed by atoms with E-state index < -0.39 is 0 Å². The Hall–Kier alpha value is -4.64. The molecule has 0 fully saturated rings. The van der Waals surface area contributed by atoms with E-state index in [1.54, 1.807) is 0 Å². The molecule has 5 aromatic carbocycles. The molecule has 4 nitrogen and oxygen atoms in total. The quantitative estimate of drug-likeness (QED) is 0.202. The molecule has 200 valence electrons. The van der Waals surface area contributed by atoms with E-state index >= 15 is 0 Å². The number of anilines is 5. The zero-order chi connectivity index (χ0) is 27.9. The van der Waals surface area contributed by atoms with Crippen molar-refractivity contribution >= 4 is 34.5 Å². The third-order valence-electron chi connectivity index (χ3n) is 6.95. The first-order valence-electron chi connectivity index (χ1n) is 13.4. The highest BCUT2D eigenvalue weighted by atomic mass is 16.3. The van der Waals surface area contributed by atoms with E-state index in [4.69, 9.17) is 0 Å². The molecule has 40 heavy (non-hydrogen) atoms. The predicted octanol–water partition coefficient (Wildman–Crippen LogP) is 8.57. The van der Waals surface area contributed by atoms with Gasteiger partial charge in [-0.3, -0.25) is 0 Å². The van der Waals surface area contributed by atoms with Crippen LogP contribution in [0.3, 0.4) is 0 Å². The maximum Gasteiger partial charge on any atom is 0.0681 e. The number of hydrogen-bond acceptors (Lipinski definition) is 4. The standard InChI is InChI=1S/C36H34N2O2/c1-27-3-13-34(14-4-27)38(35-15-5-28(2)6-16-35)36-21-7-29(8-22-36)23-24-37(32-17-9-30(25-39)10-18-32)33-19-11-31(26-40)12-20-33/h3-24,39-40H,25-26H2,1-2H3/b24-23+. The molecule has 0 saturated heterocycles. The number of benzene rings is 5. The average molecular weight is 527 g/mol. The van der Waals surface area contributed by atoms with E-state index in [-0.39, 0.29) is 13.2 Å². The van der Waals surface area contributed by atoms with Crippen LogP contribution in [-0.4, -0.2) is 10.2 Å². The van der Waals surface area contributed by atoms with Crippen LogP contribution in [0.1, 0.15) is 27.8 Å². The molecule has 0 bridgehead atoms. The van der Waals surface area contributed by atoms with Gasteiger partial charge in [0.15, 0.2) is 0 Å². The molecule has 0 radical (unpaired) electrons. The summed E-state index contributed by atoms with van der Waals surface area (Å²) in [5.41, 5.74) is 10.5. The Bertz CT molecular complexity index is 1450. The average Bonchev–Trinajstić information content (AvgIpc) is 3.00. The number of aliphatic hydroxyl groups is 2. The Morgan fingerprint density at radius 2 is 0.825 bits per heavy atom. The SMILES string of the molecule is Cc1ccc(N(c2ccc(C)cc2)c2ccc(/C=C/N(c3ccc(CO)cc3)c3ccc(CO)cc3)cc2)cc1. The van der Waals surface area contributed by atoms with Gasteiger partial charge in [-0.05, 0) is 97.3 Å². The van der Waals surface area contributed by atoms with Crippen molar-refractivity contribution in [2.75, 3.05) is 9.80 Å². The second-order valence-corrected chi connectivity index (χ2v) is 9.93. The van der Waals surface area contributed by atoms with Gasteiger partial charge in [0.2, 0.25) is 0 Å². The van der Waals surface area contributed by atoms with E-state index in [0.717, 1.165) is 45.1 Å². The fraction of sp³-hybridized carbons (Fsp3) is 0.111. The lowest BCUT2D eigenvalue weighted by molar-refractivity contribution is 0.281. The monoisotopic (exact) mass is 526 g/mol. The molecule has 4 heteroatoms. The summed E-state index contributed by atoms with van der Waals surface area (Å²) < 4.78 is 0. The molecule has 0 heterocycles. The summed E-state index contributed by atoms with van der Waals surface area (Å²) in [4.78, 5) is 4.37. The Morgan fingerprint density at radius 1 is 0.475 bits per heavy atom. The molecule has 5 rings (SSSR count). The van der Waals surface area contributed by atoms with Gasteiger partial charge in [0.25, 0.3) is 0 Å². The van der Waals surface area contributed by atoms with Crippen LogP contribution in [0.2, 0.25) is 0 Å². The van der Waals surface area contributed by atoms with Crippen molar-refractivity contribution in [3.05, 3.63) is 155 Å². The van der Waals surface area contributed by atoms with Crippen LogP contribution < -0.4 is 9.80 Å². The van der Waals surface area contributed by atoms with E-state index in [2.05, 4.69) is 109 Å². The second kappa shape index (κ2) is 12.5. The third-order valence-corrected chi connectivity index (χ3v) is 6.95. The first kappa shape index (κ1) is 26.9. The molecule has 5 aromatic rings. The van der Waals surface area contributed by atoms with Crippen LogP contribution in [0.5, 0.6) is 0 Å². The van der Waals surface area contributed by atoms with E-state index in [1.807, 2.05) is 48.5 Å². The minimum atomic E-state index is 0.00978. The Kier molecular flexibility index (Phi) is 8.41. The van der Waals surface area contributed by atoms with Crippen LogP contribution in [0.25, 0.3) is 6.08 Å². The van der Waals surface area contributed by atoms with Crippen LogP contribution in [0.4, 0.5) is 28.4 Å². The molecule has 0 unspecified atom stereocenters. The topological polar surface area (TPSA) is 46.9 Å². The lowest BCUT2D eigenvalue weighted by atomic mass is 10.1. The van der Waals surface area contributed by atoms with Crippen molar-refractivity contribution in [3.63, 3.8) is 0 Å². The summed E-state index contributed by atoms with van der Waals surface area (Å²) in [7, 11) is 0. The molecule has 2 N–H and O–H groups in total. The summed E-state index contributed by atoms with van der Waals surface area (Å²) >= 11 is 0. The third kappa shape index (κ3) is 6.32. The zero-order valence-corrected chi connectivity index (χ0v) is 22.9. The summed E-state index contributed by atoms with van der Waals surface area (Å²) in [6, 6.07) is 41.5. The smallest absolute Gasteiger partial charge is 0.0681 e.